The van der Waals surface area contributed by atoms with Gasteiger partial charge in [-0.1, -0.05) is 6.07 Å². The number of rotatable bonds is 2. The Morgan fingerprint density at radius 3 is 3.00 bits per heavy atom. The molecule has 1 fully saturated rings. The molecule has 4 heteroatoms. The quantitative estimate of drug-likeness (QED) is 0.870. The van der Waals surface area contributed by atoms with Crippen LogP contribution in [0, 0.1) is 12.7 Å². The standard InChI is InChI=1S/C14H19FN2O/c1-10-5-6-11(15)8-13(10)14(18)17-7-3-4-12(9-17)16-2/h5-6,8,12,16H,3-4,7,9H2,1-2H3/t12-/m0/s1. The number of hydrogen-bond donors (Lipinski definition) is 1. The van der Waals surface area contributed by atoms with Gasteiger partial charge in [-0.05, 0) is 44.5 Å². The maximum Gasteiger partial charge on any atom is 0.254 e. The van der Waals surface area contributed by atoms with Crippen LogP contribution in [0.15, 0.2) is 18.2 Å². The number of nitrogens with one attached hydrogen (secondary N) is 1. The molecular weight excluding hydrogens is 231 g/mol. The summed E-state index contributed by atoms with van der Waals surface area (Å²) in [5.74, 6) is -0.418. The van der Waals surface area contributed by atoms with Crippen molar-refractivity contribution in [1.82, 2.24) is 10.2 Å². The summed E-state index contributed by atoms with van der Waals surface area (Å²) in [5, 5.41) is 3.20. The van der Waals surface area contributed by atoms with E-state index in [9.17, 15) is 9.18 Å². The van der Waals surface area contributed by atoms with E-state index in [1.165, 1.54) is 12.1 Å². The van der Waals surface area contributed by atoms with Gasteiger partial charge in [-0.15, -0.1) is 0 Å². The first-order valence-corrected chi connectivity index (χ1v) is 6.34. The van der Waals surface area contributed by atoms with Crippen molar-refractivity contribution < 1.29 is 9.18 Å². The van der Waals surface area contributed by atoms with Crippen molar-refractivity contribution in [1.29, 1.82) is 0 Å². The molecule has 0 aliphatic carbocycles. The summed E-state index contributed by atoms with van der Waals surface area (Å²) in [4.78, 5) is 14.2. The molecule has 0 saturated carbocycles. The Kier molecular flexibility index (Phi) is 3.97. The van der Waals surface area contributed by atoms with Crippen molar-refractivity contribution in [3.63, 3.8) is 0 Å². The lowest BCUT2D eigenvalue weighted by Crippen LogP contribution is -2.47. The van der Waals surface area contributed by atoms with Gasteiger partial charge >= 0.3 is 0 Å². The number of halogens is 1. The zero-order valence-electron chi connectivity index (χ0n) is 10.9. The van der Waals surface area contributed by atoms with E-state index in [2.05, 4.69) is 5.32 Å². The van der Waals surface area contributed by atoms with Crippen LogP contribution in [0.3, 0.4) is 0 Å². The molecule has 1 aromatic carbocycles. The summed E-state index contributed by atoms with van der Waals surface area (Å²) in [7, 11) is 1.91. The van der Waals surface area contributed by atoms with Crippen LogP contribution in [0.25, 0.3) is 0 Å². The number of carbonyl (C=O) groups excluding carboxylic acids is 1. The highest BCUT2D eigenvalue weighted by molar-refractivity contribution is 5.95. The Morgan fingerprint density at radius 1 is 1.50 bits per heavy atom. The van der Waals surface area contributed by atoms with E-state index in [0.29, 0.717) is 18.2 Å². The van der Waals surface area contributed by atoms with Gasteiger partial charge in [-0.3, -0.25) is 4.79 Å². The van der Waals surface area contributed by atoms with Gasteiger partial charge in [-0.25, -0.2) is 4.39 Å². The van der Waals surface area contributed by atoms with Crippen LogP contribution in [0.5, 0.6) is 0 Å². The number of likely N-dealkylation sites (N-methyl/N-ethyl adjacent to an activating group) is 1. The van der Waals surface area contributed by atoms with E-state index in [1.54, 1.807) is 6.07 Å². The zero-order valence-corrected chi connectivity index (χ0v) is 10.9. The topological polar surface area (TPSA) is 32.3 Å². The average Bonchev–Trinajstić information content (AvgIpc) is 2.41. The fraction of sp³-hybridized carbons (Fsp3) is 0.500. The lowest BCUT2D eigenvalue weighted by atomic mass is 10.0. The van der Waals surface area contributed by atoms with E-state index in [0.717, 1.165) is 24.9 Å². The van der Waals surface area contributed by atoms with Gasteiger partial charge in [0.1, 0.15) is 5.82 Å². The summed E-state index contributed by atoms with van der Waals surface area (Å²) >= 11 is 0. The molecule has 2 rings (SSSR count). The first-order chi connectivity index (χ1) is 8.61. The van der Waals surface area contributed by atoms with Crippen molar-refractivity contribution in [2.24, 2.45) is 0 Å². The minimum absolute atomic E-state index is 0.0630. The Morgan fingerprint density at radius 2 is 2.28 bits per heavy atom. The molecule has 0 spiro atoms. The van der Waals surface area contributed by atoms with Gasteiger partial charge in [-0.2, -0.15) is 0 Å². The van der Waals surface area contributed by atoms with E-state index in [1.807, 2.05) is 18.9 Å². The summed E-state index contributed by atoms with van der Waals surface area (Å²) < 4.78 is 13.2. The fourth-order valence-corrected chi connectivity index (χ4v) is 2.39. The average molecular weight is 250 g/mol. The molecule has 98 valence electrons. The molecule has 3 nitrogen and oxygen atoms in total. The number of piperidine rings is 1. The van der Waals surface area contributed by atoms with Crippen molar-refractivity contribution >= 4 is 5.91 Å². The molecule has 0 unspecified atom stereocenters. The first kappa shape index (κ1) is 13.0. The van der Waals surface area contributed by atoms with Crippen LogP contribution >= 0.6 is 0 Å². The SMILES string of the molecule is CN[C@H]1CCCN(C(=O)c2cc(F)ccc2C)C1. The van der Waals surface area contributed by atoms with E-state index in [4.69, 9.17) is 0 Å². The van der Waals surface area contributed by atoms with Gasteiger partial charge in [0.25, 0.3) is 5.91 Å². The third-order valence-electron chi connectivity index (χ3n) is 3.55. The van der Waals surface area contributed by atoms with Gasteiger partial charge < -0.3 is 10.2 Å². The second-order valence-electron chi connectivity index (χ2n) is 4.84. The highest BCUT2D eigenvalue weighted by Crippen LogP contribution is 2.17. The Balaban J connectivity index is 2.17. The number of hydrogen-bond acceptors (Lipinski definition) is 2. The normalized spacial score (nSPS) is 19.9. The molecule has 0 radical (unpaired) electrons. The van der Waals surface area contributed by atoms with E-state index in [-0.39, 0.29) is 11.7 Å². The first-order valence-electron chi connectivity index (χ1n) is 6.34. The van der Waals surface area contributed by atoms with Crippen molar-refractivity contribution in [3.05, 3.63) is 35.1 Å². The number of amides is 1. The number of carbonyl (C=O) groups is 1. The molecule has 1 aliphatic rings. The molecule has 1 saturated heterocycles. The molecule has 18 heavy (non-hydrogen) atoms. The Labute approximate surface area is 107 Å². The second-order valence-corrected chi connectivity index (χ2v) is 4.84. The van der Waals surface area contributed by atoms with Crippen molar-refractivity contribution in [3.8, 4) is 0 Å². The van der Waals surface area contributed by atoms with Crippen molar-refractivity contribution in [2.45, 2.75) is 25.8 Å². The monoisotopic (exact) mass is 250 g/mol. The summed E-state index contributed by atoms with van der Waals surface area (Å²) in [6, 6.07) is 4.72. The third kappa shape index (κ3) is 2.70. The number of likely N-dealkylation sites (tertiary alicyclic amines) is 1. The predicted octanol–water partition coefficient (Wildman–Crippen LogP) is 1.96. The van der Waals surface area contributed by atoms with Crippen molar-refractivity contribution in [2.75, 3.05) is 20.1 Å². The number of benzene rings is 1. The summed E-state index contributed by atoms with van der Waals surface area (Å²) in [6.07, 6.45) is 2.08. The summed E-state index contributed by atoms with van der Waals surface area (Å²) in [5.41, 5.74) is 1.31. The van der Waals surface area contributed by atoms with Crippen LogP contribution in [-0.4, -0.2) is 37.0 Å². The third-order valence-corrected chi connectivity index (χ3v) is 3.55. The van der Waals surface area contributed by atoms with E-state index >= 15 is 0 Å². The lowest BCUT2D eigenvalue weighted by Gasteiger charge is -2.33. The van der Waals surface area contributed by atoms with Crippen LogP contribution in [0.1, 0.15) is 28.8 Å². The molecule has 0 aromatic heterocycles. The molecular formula is C14H19FN2O. The number of nitrogens with zero attached hydrogens (tertiary/aromatic N) is 1. The predicted molar refractivity (Wildman–Crippen MR) is 69.1 cm³/mol. The molecule has 1 aromatic rings. The Bertz CT molecular complexity index is 447. The van der Waals surface area contributed by atoms with Gasteiger partial charge in [0, 0.05) is 24.7 Å². The molecule has 0 bridgehead atoms. The Hall–Kier alpha value is -1.42. The summed E-state index contributed by atoms with van der Waals surface area (Å²) in [6.45, 7) is 3.30. The smallest absolute Gasteiger partial charge is 0.254 e. The van der Waals surface area contributed by atoms with Gasteiger partial charge in [0.15, 0.2) is 0 Å². The molecule has 1 aliphatic heterocycles. The number of aryl methyl sites for hydroxylation is 1. The molecule has 1 amide bonds. The molecule has 1 N–H and O–H groups in total. The molecule has 1 heterocycles. The largest absolute Gasteiger partial charge is 0.337 e. The lowest BCUT2D eigenvalue weighted by molar-refractivity contribution is 0.0697. The minimum Gasteiger partial charge on any atom is -0.337 e. The van der Waals surface area contributed by atoms with Crippen LogP contribution in [0.4, 0.5) is 4.39 Å². The van der Waals surface area contributed by atoms with Crippen LogP contribution in [0.2, 0.25) is 0 Å². The van der Waals surface area contributed by atoms with Gasteiger partial charge in [0.2, 0.25) is 0 Å². The molecule has 1 atom stereocenters. The zero-order chi connectivity index (χ0) is 13.1. The van der Waals surface area contributed by atoms with Crippen LogP contribution < -0.4 is 5.32 Å². The highest BCUT2D eigenvalue weighted by Gasteiger charge is 2.24. The highest BCUT2D eigenvalue weighted by atomic mass is 19.1. The second kappa shape index (κ2) is 5.48. The maximum atomic E-state index is 13.2. The van der Waals surface area contributed by atoms with Crippen LogP contribution in [-0.2, 0) is 0 Å². The fourth-order valence-electron chi connectivity index (χ4n) is 2.39. The maximum absolute atomic E-state index is 13.2. The van der Waals surface area contributed by atoms with Gasteiger partial charge in [0.05, 0.1) is 0 Å². The van der Waals surface area contributed by atoms with E-state index < -0.39 is 0 Å². The minimum atomic E-state index is -0.355.